The minimum absolute atomic E-state index is 0.00679. The molecule has 0 saturated heterocycles. The van der Waals surface area contributed by atoms with Crippen LogP contribution in [0.15, 0.2) is 15.4 Å². The van der Waals surface area contributed by atoms with E-state index in [4.69, 9.17) is 10.2 Å². The van der Waals surface area contributed by atoms with Gasteiger partial charge in [0.2, 0.25) is 10.0 Å². The zero-order chi connectivity index (χ0) is 17.3. The predicted molar refractivity (Wildman–Crippen MR) is 84.1 cm³/mol. The lowest BCUT2D eigenvalue weighted by Crippen LogP contribution is -2.39. The molecular formula is C14H25N3O4S. The van der Waals surface area contributed by atoms with Crippen LogP contribution < -0.4 is 5.73 Å². The fourth-order valence-electron chi connectivity index (χ4n) is 1.99. The number of hydrogen-bond donors (Lipinski definition) is 1. The molecule has 8 heteroatoms. The Hall–Kier alpha value is -1.38. The average Bonchev–Trinajstić information content (AvgIpc) is 2.79. The van der Waals surface area contributed by atoms with Gasteiger partial charge >= 0.3 is 0 Å². The summed E-state index contributed by atoms with van der Waals surface area (Å²) in [5.74, 6) is -0.165. The first kappa shape index (κ1) is 18.7. The van der Waals surface area contributed by atoms with E-state index in [1.54, 1.807) is 7.05 Å². The van der Waals surface area contributed by atoms with Gasteiger partial charge in [-0.15, -0.1) is 0 Å². The number of carbonyl (C=O) groups excluding carboxylic acids is 1. The third-order valence-corrected chi connectivity index (χ3v) is 5.33. The Labute approximate surface area is 132 Å². The molecule has 0 spiro atoms. The van der Waals surface area contributed by atoms with Crippen molar-refractivity contribution in [3.8, 4) is 0 Å². The molecule has 7 nitrogen and oxygen atoms in total. The van der Waals surface area contributed by atoms with Gasteiger partial charge in [0.1, 0.15) is 10.7 Å². The van der Waals surface area contributed by atoms with E-state index in [1.165, 1.54) is 32.0 Å². The Morgan fingerprint density at radius 2 is 1.86 bits per heavy atom. The van der Waals surface area contributed by atoms with E-state index in [0.29, 0.717) is 13.1 Å². The van der Waals surface area contributed by atoms with Crippen LogP contribution in [-0.4, -0.2) is 57.8 Å². The molecule has 1 amide bonds. The summed E-state index contributed by atoms with van der Waals surface area (Å²) >= 11 is 0. The summed E-state index contributed by atoms with van der Waals surface area (Å²) in [5, 5.41) is 0. The number of amides is 1. The molecule has 0 radical (unpaired) electrons. The van der Waals surface area contributed by atoms with Crippen LogP contribution in [0.5, 0.6) is 0 Å². The molecule has 0 atom stereocenters. The summed E-state index contributed by atoms with van der Waals surface area (Å²) in [6.07, 6.45) is 0. The fourth-order valence-corrected chi connectivity index (χ4v) is 3.04. The topological polar surface area (TPSA) is 96.8 Å². The van der Waals surface area contributed by atoms with Crippen LogP contribution in [0.2, 0.25) is 0 Å². The van der Waals surface area contributed by atoms with Crippen LogP contribution in [0.25, 0.3) is 0 Å². The number of carbonyl (C=O) groups is 1. The zero-order valence-corrected chi connectivity index (χ0v) is 14.8. The third kappa shape index (κ3) is 3.88. The van der Waals surface area contributed by atoms with E-state index < -0.39 is 10.0 Å². The molecule has 0 aliphatic heterocycles. The number of nitrogens with zero attached hydrogens (tertiary/aromatic N) is 2. The second kappa shape index (κ2) is 6.39. The van der Waals surface area contributed by atoms with E-state index in [9.17, 15) is 13.2 Å². The van der Waals surface area contributed by atoms with Crippen LogP contribution in [0.1, 0.15) is 30.2 Å². The summed E-state index contributed by atoms with van der Waals surface area (Å²) in [4.78, 5) is 13.9. The quantitative estimate of drug-likeness (QED) is 0.835. The highest BCUT2D eigenvalue weighted by atomic mass is 32.2. The average molecular weight is 331 g/mol. The van der Waals surface area contributed by atoms with Crippen molar-refractivity contribution in [2.24, 2.45) is 11.1 Å². The predicted octanol–water partition coefficient (Wildman–Crippen LogP) is 0.895. The minimum Gasteiger partial charge on any atom is -0.455 e. The Kier molecular flexibility index (Phi) is 5.42. The lowest BCUT2D eigenvalue weighted by atomic mass is 9.93. The maximum Gasteiger partial charge on any atom is 0.289 e. The zero-order valence-electron chi connectivity index (χ0n) is 14.0. The van der Waals surface area contributed by atoms with Crippen molar-refractivity contribution in [3.05, 3.63) is 17.6 Å². The molecule has 22 heavy (non-hydrogen) atoms. The number of sulfonamides is 1. The molecule has 0 saturated carbocycles. The maximum atomic E-state index is 12.4. The minimum atomic E-state index is -3.64. The molecule has 1 rings (SSSR count). The molecule has 1 aromatic heterocycles. The standard InChI is InChI=1S/C14H25N3O4S/c1-10-12(22(19,20)16(4)5)7-11(21-10)13(18)17(6)9-14(2,3)8-15/h7H,8-9,15H2,1-6H3. The molecular weight excluding hydrogens is 306 g/mol. The van der Waals surface area contributed by atoms with Crippen LogP contribution in [0.4, 0.5) is 0 Å². The van der Waals surface area contributed by atoms with E-state index in [2.05, 4.69) is 0 Å². The van der Waals surface area contributed by atoms with Crippen LogP contribution in [0, 0.1) is 12.3 Å². The fraction of sp³-hybridized carbons (Fsp3) is 0.643. The summed E-state index contributed by atoms with van der Waals surface area (Å²) in [7, 11) is 0.859. The second-order valence-electron chi connectivity index (χ2n) is 6.35. The molecule has 0 fully saturated rings. The summed E-state index contributed by atoms with van der Waals surface area (Å²) < 4.78 is 30.8. The summed E-state index contributed by atoms with van der Waals surface area (Å²) in [5.41, 5.74) is 5.43. The highest BCUT2D eigenvalue weighted by molar-refractivity contribution is 7.89. The Morgan fingerprint density at radius 1 is 1.32 bits per heavy atom. The molecule has 1 aromatic rings. The monoisotopic (exact) mass is 331 g/mol. The van der Waals surface area contributed by atoms with E-state index in [1.807, 2.05) is 13.8 Å². The van der Waals surface area contributed by atoms with Gasteiger partial charge < -0.3 is 15.1 Å². The van der Waals surface area contributed by atoms with Crippen molar-refractivity contribution >= 4 is 15.9 Å². The van der Waals surface area contributed by atoms with Gasteiger partial charge in [-0.2, -0.15) is 0 Å². The number of hydrogen-bond acceptors (Lipinski definition) is 5. The molecule has 0 aliphatic carbocycles. The molecule has 0 bridgehead atoms. The van der Waals surface area contributed by atoms with Crippen LogP contribution >= 0.6 is 0 Å². The van der Waals surface area contributed by atoms with E-state index in [-0.39, 0.29) is 27.7 Å². The highest BCUT2D eigenvalue weighted by Gasteiger charge is 2.28. The smallest absolute Gasteiger partial charge is 0.289 e. The van der Waals surface area contributed by atoms with Gasteiger partial charge in [-0.25, -0.2) is 12.7 Å². The van der Waals surface area contributed by atoms with Crippen molar-refractivity contribution in [2.45, 2.75) is 25.7 Å². The van der Waals surface area contributed by atoms with Gasteiger partial charge in [-0.05, 0) is 18.9 Å². The molecule has 1 heterocycles. The normalized spacial score (nSPS) is 12.7. The molecule has 2 N–H and O–H groups in total. The Bertz CT molecular complexity index is 647. The lowest BCUT2D eigenvalue weighted by Gasteiger charge is -2.28. The van der Waals surface area contributed by atoms with E-state index >= 15 is 0 Å². The highest BCUT2D eigenvalue weighted by Crippen LogP contribution is 2.24. The largest absolute Gasteiger partial charge is 0.455 e. The van der Waals surface area contributed by atoms with Crippen molar-refractivity contribution in [3.63, 3.8) is 0 Å². The number of furan rings is 1. The molecule has 0 aliphatic rings. The Morgan fingerprint density at radius 3 is 2.32 bits per heavy atom. The first-order chi connectivity index (χ1) is 9.92. The van der Waals surface area contributed by atoms with Gasteiger partial charge in [0.05, 0.1) is 0 Å². The number of aryl methyl sites for hydroxylation is 1. The van der Waals surface area contributed by atoms with Gasteiger partial charge in [-0.1, -0.05) is 13.8 Å². The first-order valence-electron chi connectivity index (χ1n) is 6.91. The van der Waals surface area contributed by atoms with Crippen LogP contribution in [0.3, 0.4) is 0 Å². The Balaban J connectivity index is 3.08. The van der Waals surface area contributed by atoms with Crippen molar-refractivity contribution in [1.82, 2.24) is 9.21 Å². The summed E-state index contributed by atoms with van der Waals surface area (Å²) in [6.45, 7) is 6.30. The SMILES string of the molecule is Cc1oc(C(=O)N(C)CC(C)(C)CN)cc1S(=O)(=O)N(C)C. The molecule has 126 valence electrons. The van der Waals surface area contributed by atoms with Gasteiger partial charge in [-0.3, -0.25) is 4.79 Å². The first-order valence-corrected chi connectivity index (χ1v) is 8.35. The van der Waals surface area contributed by atoms with Crippen molar-refractivity contribution < 1.29 is 17.6 Å². The second-order valence-corrected chi connectivity index (χ2v) is 8.47. The van der Waals surface area contributed by atoms with Gasteiger partial charge in [0, 0.05) is 33.8 Å². The van der Waals surface area contributed by atoms with Crippen molar-refractivity contribution in [2.75, 3.05) is 34.2 Å². The molecule has 0 unspecified atom stereocenters. The van der Waals surface area contributed by atoms with E-state index in [0.717, 1.165) is 4.31 Å². The number of rotatable bonds is 6. The van der Waals surface area contributed by atoms with Crippen LogP contribution in [-0.2, 0) is 10.0 Å². The maximum absolute atomic E-state index is 12.4. The van der Waals surface area contributed by atoms with Gasteiger partial charge in [0.15, 0.2) is 5.76 Å². The molecule has 0 aromatic carbocycles. The summed E-state index contributed by atoms with van der Waals surface area (Å²) in [6, 6.07) is 1.28. The lowest BCUT2D eigenvalue weighted by molar-refractivity contribution is 0.0707. The number of nitrogens with two attached hydrogens (primary N) is 1. The van der Waals surface area contributed by atoms with Crippen molar-refractivity contribution in [1.29, 1.82) is 0 Å². The van der Waals surface area contributed by atoms with Gasteiger partial charge in [0.25, 0.3) is 5.91 Å². The third-order valence-electron chi connectivity index (χ3n) is 3.41.